The van der Waals surface area contributed by atoms with E-state index in [4.69, 9.17) is 4.74 Å². The van der Waals surface area contributed by atoms with Crippen LogP contribution in [0.1, 0.15) is 5.56 Å². The molecule has 6 heteroatoms. The van der Waals surface area contributed by atoms with Crippen molar-refractivity contribution in [2.45, 2.75) is 18.2 Å². The van der Waals surface area contributed by atoms with Gasteiger partial charge in [0, 0.05) is 18.3 Å². The summed E-state index contributed by atoms with van der Waals surface area (Å²) in [6, 6.07) is 18.1. The van der Waals surface area contributed by atoms with Gasteiger partial charge in [-0.1, -0.05) is 30.3 Å². The molecule has 1 aromatic heterocycles. The molecule has 0 amide bonds. The number of nitrogens with one attached hydrogen (secondary N) is 1. The lowest BCUT2D eigenvalue weighted by molar-refractivity contribution is 0.300. The van der Waals surface area contributed by atoms with E-state index >= 15 is 0 Å². The average molecular weight is 370 g/mol. The second kappa shape index (κ2) is 7.13. The number of aromatic nitrogens is 1. The van der Waals surface area contributed by atoms with Crippen molar-refractivity contribution in [2.75, 3.05) is 19.0 Å². The molecule has 1 fully saturated rings. The van der Waals surface area contributed by atoms with Gasteiger partial charge in [0.2, 0.25) is 0 Å². The van der Waals surface area contributed by atoms with E-state index in [9.17, 15) is 8.42 Å². The first kappa shape index (κ1) is 17.1. The van der Waals surface area contributed by atoms with Crippen molar-refractivity contribution in [1.29, 1.82) is 0 Å². The van der Waals surface area contributed by atoms with Gasteiger partial charge in [-0.3, -0.25) is 0 Å². The van der Waals surface area contributed by atoms with Crippen LogP contribution in [-0.4, -0.2) is 37.3 Å². The van der Waals surface area contributed by atoms with Crippen molar-refractivity contribution in [3.8, 4) is 5.75 Å². The molecular weight excluding hydrogens is 348 g/mol. The minimum absolute atomic E-state index is 0.0902. The molecule has 1 aliphatic heterocycles. The predicted molar refractivity (Wildman–Crippen MR) is 103 cm³/mol. The van der Waals surface area contributed by atoms with E-state index in [1.807, 2.05) is 36.4 Å². The third-order valence-electron chi connectivity index (χ3n) is 4.85. The summed E-state index contributed by atoms with van der Waals surface area (Å²) in [5.41, 5.74) is 2.23. The fourth-order valence-electron chi connectivity index (χ4n) is 3.39. The Hall–Kier alpha value is -2.31. The van der Waals surface area contributed by atoms with Crippen LogP contribution in [0.4, 0.5) is 0 Å². The first-order valence-electron chi connectivity index (χ1n) is 8.80. The number of para-hydroxylation sites is 1. The SMILES string of the molecule is O=S1(=O)CNCC1Cc1ccc(OCCn2ccc3ccccc32)cc1. The van der Waals surface area contributed by atoms with Crippen LogP contribution in [0.2, 0.25) is 0 Å². The Kier molecular flexibility index (Phi) is 4.70. The van der Waals surface area contributed by atoms with Crippen LogP contribution >= 0.6 is 0 Å². The van der Waals surface area contributed by atoms with Crippen LogP contribution in [0.15, 0.2) is 60.8 Å². The first-order chi connectivity index (χ1) is 12.6. The molecule has 1 saturated heterocycles. The van der Waals surface area contributed by atoms with Gasteiger partial charge in [-0.15, -0.1) is 0 Å². The van der Waals surface area contributed by atoms with Gasteiger partial charge < -0.3 is 14.6 Å². The summed E-state index contributed by atoms with van der Waals surface area (Å²) in [6.45, 7) is 1.89. The first-order valence-corrected chi connectivity index (χ1v) is 10.5. The summed E-state index contributed by atoms with van der Waals surface area (Å²) in [4.78, 5) is 0. The Morgan fingerprint density at radius 2 is 1.88 bits per heavy atom. The van der Waals surface area contributed by atoms with Crippen molar-refractivity contribution in [1.82, 2.24) is 9.88 Å². The highest BCUT2D eigenvalue weighted by atomic mass is 32.2. The maximum Gasteiger partial charge on any atom is 0.167 e. The van der Waals surface area contributed by atoms with Crippen molar-refractivity contribution in [3.05, 3.63) is 66.4 Å². The maximum absolute atomic E-state index is 11.9. The zero-order chi connectivity index (χ0) is 18.0. The minimum Gasteiger partial charge on any atom is -0.492 e. The summed E-state index contributed by atoms with van der Waals surface area (Å²) in [5, 5.41) is 3.84. The predicted octanol–water partition coefficient (Wildman–Crippen LogP) is 2.61. The van der Waals surface area contributed by atoms with Gasteiger partial charge in [-0.2, -0.15) is 0 Å². The molecule has 2 aromatic carbocycles. The average Bonchev–Trinajstić information content (AvgIpc) is 3.20. The maximum atomic E-state index is 11.9. The molecule has 5 nitrogen and oxygen atoms in total. The second-order valence-electron chi connectivity index (χ2n) is 6.65. The Bertz CT molecular complexity index is 993. The molecule has 0 saturated carbocycles. The Balaban J connectivity index is 1.33. The molecule has 3 aromatic rings. The summed E-state index contributed by atoms with van der Waals surface area (Å²) in [6.07, 6.45) is 2.62. The van der Waals surface area contributed by atoms with E-state index in [-0.39, 0.29) is 11.1 Å². The Morgan fingerprint density at radius 3 is 2.65 bits per heavy atom. The fourth-order valence-corrected chi connectivity index (χ4v) is 4.84. The quantitative estimate of drug-likeness (QED) is 0.725. The monoisotopic (exact) mass is 370 g/mol. The zero-order valence-electron chi connectivity index (χ0n) is 14.5. The second-order valence-corrected chi connectivity index (χ2v) is 8.93. The Morgan fingerprint density at radius 1 is 1.08 bits per heavy atom. The van der Waals surface area contributed by atoms with Gasteiger partial charge in [-0.05, 0) is 41.6 Å². The highest BCUT2D eigenvalue weighted by Crippen LogP contribution is 2.18. The van der Waals surface area contributed by atoms with Gasteiger partial charge in [0.15, 0.2) is 9.84 Å². The zero-order valence-corrected chi connectivity index (χ0v) is 15.3. The van der Waals surface area contributed by atoms with Gasteiger partial charge >= 0.3 is 0 Å². The summed E-state index contributed by atoms with van der Waals surface area (Å²) in [5.74, 6) is 0.894. The van der Waals surface area contributed by atoms with E-state index < -0.39 is 9.84 Å². The smallest absolute Gasteiger partial charge is 0.167 e. The van der Waals surface area contributed by atoms with Crippen LogP contribution < -0.4 is 10.1 Å². The van der Waals surface area contributed by atoms with E-state index in [1.165, 1.54) is 10.9 Å². The molecule has 136 valence electrons. The lowest BCUT2D eigenvalue weighted by Crippen LogP contribution is -2.21. The lowest BCUT2D eigenvalue weighted by Gasteiger charge is -2.11. The molecule has 0 radical (unpaired) electrons. The highest BCUT2D eigenvalue weighted by Gasteiger charge is 2.30. The summed E-state index contributed by atoms with van der Waals surface area (Å²) < 4.78 is 31.8. The topological polar surface area (TPSA) is 60.3 Å². The van der Waals surface area contributed by atoms with E-state index in [2.05, 4.69) is 34.3 Å². The molecule has 1 N–H and O–H groups in total. The molecule has 26 heavy (non-hydrogen) atoms. The van der Waals surface area contributed by atoms with E-state index in [0.29, 0.717) is 19.6 Å². The van der Waals surface area contributed by atoms with Gasteiger partial charge in [0.05, 0.1) is 17.7 Å². The molecule has 1 unspecified atom stereocenters. The number of hydrogen-bond donors (Lipinski definition) is 1. The largest absolute Gasteiger partial charge is 0.492 e. The molecule has 4 rings (SSSR count). The number of rotatable bonds is 6. The summed E-state index contributed by atoms with van der Waals surface area (Å²) in [7, 11) is -3.00. The standard InChI is InChI=1S/C20H22N2O3S/c23-26(24)15-21-14-19(26)13-16-5-7-18(8-6-16)25-12-11-22-10-9-17-3-1-2-4-20(17)22/h1-10,19,21H,11-15H2. The third kappa shape index (κ3) is 3.61. The highest BCUT2D eigenvalue weighted by molar-refractivity contribution is 7.92. The number of nitrogens with zero attached hydrogens (tertiary/aromatic N) is 1. The molecule has 0 aliphatic carbocycles. The minimum atomic E-state index is -3.00. The number of hydrogen-bond acceptors (Lipinski definition) is 4. The molecule has 1 aliphatic rings. The van der Waals surface area contributed by atoms with Crippen molar-refractivity contribution in [3.63, 3.8) is 0 Å². The van der Waals surface area contributed by atoms with Gasteiger partial charge in [0.25, 0.3) is 0 Å². The van der Waals surface area contributed by atoms with Crippen LogP contribution in [-0.2, 0) is 22.8 Å². The molecule has 0 spiro atoms. The van der Waals surface area contributed by atoms with Gasteiger partial charge in [-0.25, -0.2) is 8.42 Å². The van der Waals surface area contributed by atoms with Crippen molar-refractivity contribution < 1.29 is 13.2 Å². The summed E-state index contributed by atoms with van der Waals surface area (Å²) >= 11 is 0. The molecule has 0 bridgehead atoms. The molecular formula is C20H22N2O3S. The van der Waals surface area contributed by atoms with Crippen LogP contribution in [0.5, 0.6) is 5.75 Å². The third-order valence-corrected chi connectivity index (χ3v) is 6.81. The van der Waals surface area contributed by atoms with Crippen LogP contribution in [0.25, 0.3) is 10.9 Å². The number of sulfone groups is 1. The number of ether oxygens (including phenoxy) is 1. The van der Waals surface area contributed by atoms with Crippen molar-refractivity contribution in [2.24, 2.45) is 0 Å². The van der Waals surface area contributed by atoms with E-state index in [0.717, 1.165) is 17.9 Å². The van der Waals surface area contributed by atoms with E-state index in [1.54, 1.807) is 0 Å². The number of fused-ring (bicyclic) bond motifs is 1. The van der Waals surface area contributed by atoms with Crippen molar-refractivity contribution >= 4 is 20.7 Å². The van der Waals surface area contributed by atoms with Crippen LogP contribution in [0.3, 0.4) is 0 Å². The lowest BCUT2D eigenvalue weighted by atomic mass is 10.1. The number of benzene rings is 2. The molecule has 1 atom stereocenters. The Labute approximate surface area is 153 Å². The molecule has 2 heterocycles. The van der Waals surface area contributed by atoms with Gasteiger partial charge in [0.1, 0.15) is 12.4 Å². The van der Waals surface area contributed by atoms with Crippen LogP contribution in [0, 0.1) is 0 Å². The normalized spacial score (nSPS) is 19.0. The fraction of sp³-hybridized carbons (Fsp3) is 0.300.